The summed E-state index contributed by atoms with van der Waals surface area (Å²) in [5.41, 5.74) is 1.09. The predicted molar refractivity (Wildman–Crippen MR) is 70.1 cm³/mol. The minimum absolute atomic E-state index is 0.0374. The molecule has 0 atom stereocenters. The molecule has 0 bridgehead atoms. The van der Waals surface area contributed by atoms with Gasteiger partial charge in [-0.1, -0.05) is 6.07 Å². The number of carbonyl (C=O) groups is 1. The van der Waals surface area contributed by atoms with Crippen molar-refractivity contribution >= 4 is 5.91 Å². The van der Waals surface area contributed by atoms with Crippen molar-refractivity contribution in [1.82, 2.24) is 10.2 Å². The third kappa shape index (κ3) is 2.38. The highest BCUT2D eigenvalue weighted by atomic mass is 16.7. The lowest BCUT2D eigenvalue weighted by Crippen LogP contribution is -2.59. The van der Waals surface area contributed by atoms with Gasteiger partial charge in [0.1, 0.15) is 0 Å². The summed E-state index contributed by atoms with van der Waals surface area (Å²) >= 11 is 0. The number of benzene rings is 1. The van der Waals surface area contributed by atoms with Crippen molar-refractivity contribution in [2.75, 3.05) is 19.9 Å². The Kier molecular flexibility index (Phi) is 2.86. The molecule has 0 aliphatic carbocycles. The molecule has 1 amide bonds. The van der Waals surface area contributed by atoms with E-state index in [0.717, 1.165) is 23.6 Å². The van der Waals surface area contributed by atoms with E-state index >= 15 is 0 Å². The van der Waals surface area contributed by atoms with Crippen LogP contribution in [0.4, 0.5) is 0 Å². The van der Waals surface area contributed by atoms with Gasteiger partial charge in [-0.15, -0.1) is 0 Å². The highest BCUT2D eigenvalue weighted by molar-refractivity contribution is 5.79. The number of nitrogens with one attached hydrogen (secondary N) is 1. The second kappa shape index (κ2) is 4.42. The zero-order valence-corrected chi connectivity index (χ0v) is 11.2. The van der Waals surface area contributed by atoms with Crippen LogP contribution in [0.15, 0.2) is 18.2 Å². The number of rotatable bonds is 2. The van der Waals surface area contributed by atoms with Crippen LogP contribution in [-0.4, -0.2) is 36.2 Å². The van der Waals surface area contributed by atoms with E-state index in [2.05, 4.69) is 24.1 Å². The predicted octanol–water partition coefficient (Wildman–Crippen LogP) is 1.13. The first-order valence-electron chi connectivity index (χ1n) is 6.45. The summed E-state index contributed by atoms with van der Waals surface area (Å²) in [4.78, 5) is 13.7. The number of amides is 1. The first-order chi connectivity index (χ1) is 9.04. The summed E-state index contributed by atoms with van der Waals surface area (Å²) < 4.78 is 10.7. The largest absolute Gasteiger partial charge is 0.454 e. The van der Waals surface area contributed by atoms with Gasteiger partial charge in [0.05, 0.1) is 6.54 Å². The van der Waals surface area contributed by atoms with Gasteiger partial charge in [-0.25, -0.2) is 0 Å². The molecule has 1 aromatic carbocycles. The van der Waals surface area contributed by atoms with Crippen molar-refractivity contribution in [2.45, 2.75) is 25.9 Å². The Morgan fingerprint density at radius 1 is 1.32 bits per heavy atom. The second-order valence-corrected chi connectivity index (χ2v) is 5.63. The number of ether oxygens (including phenoxy) is 2. The van der Waals surface area contributed by atoms with Crippen LogP contribution in [0.5, 0.6) is 11.5 Å². The lowest BCUT2D eigenvalue weighted by molar-refractivity contribution is -0.128. The van der Waals surface area contributed by atoms with Crippen LogP contribution in [0.2, 0.25) is 0 Å². The van der Waals surface area contributed by atoms with E-state index in [1.807, 2.05) is 18.2 Å². The van der Waals surface area contributed by atoms with Crippen molar-refractivity contribution in [3.05, 3.63) is 23.8 Å². The molecule has 3 rings (SSSR count). The van der Waals surface area contributed by atoms with E-state index < -0.39 is 0 Å². The van der Waals surface area contributed by atoms with E-state index in [-0.39, 0.29) is 18.2 Å². The molecule has 5 heteroatoms. The molecule has 0 saturated carbocycles. The van der Waals surface area contributed by atoms with Crippen LogP contribution < -0.4 is 14.8 Å². The Hall–Kier alpha value is -1.75. The van der Waals surface area contributed by atoms with E-state index in [1.165, 1.54) is 0 Å². The summed E-state index contributed by atoms with van der Waals surface area (Å²) in [6.45, 7) is 6.41. The van der Waals surface area contributed by atoms with Gasteiger partial charge in [0.25, 0.3) is 0 Å². The van der Waals surface area contributed by atoms with E-state index in [9.17, 15) is 4.79 Å². The molecule has 2 aliphatic heterocycles. The molecule has 0 spiro atoms. The molecule has 2 heterocycles. The van der Waals surface area contributed by atoms with Gasteiger partial charge in [0.2, 0.25) is 12.7 Å². The fourth-order valence-electron chi connectivity index (χ4n) is 2.40. The molecule has 1 N–H and O–H groups in total. The average Bonchev–Trinajstić information content (AvgIpc) is 2.82. The summed E-state index contributed by atoms with van der Waals surface area (Å²) in [5, 5.41) is 2.90. The average molecular weight is 262 g/mol. The van der Waals surface area contributed by atoms with Gasteiger partial charge < -0.3 is 14.8 Å². The number of hydrogen-bond acceptors (Lipinski definition) is 4. The third-order valence-electron chi connectivity index (χ3n) is 3.72. The maximum absolute atomic E-state index is 11.5. The zero-order chi connectivity index (χ0) is 13.5. The van der Waals surface area contributed by atoms with Gasteiger partial charge in [-0.3, -0.25) is 9.69 Å². The standard InChI is InChI=1S/C14H18N2O3/c1-14(2)8-15-13(17)7-16(14)6-10-3-4-11-12(5-10)19-9-18-11/h3-5H,6-9H2,1-2H3,(H,15,17). The maximum atomic E-state index is 11.5. The Bertz CT molecular complexity index is 513. The third-order valence-corrected chi connectivity index (χ3v) is 3.72. The van der Waals surface area contributed by atoms with Crippen molar-refractivity contribution in [1.29, 1.82) is 0 Å². The van der Waals surface area contributed by atoms with Gasteiger partial charge in [0, 0.05) is 18.6 Å². The van der Waals surface area contributed by atoms with E-state index in [1.54, 1.807) is 0 Å². The number of piperazine rings is 1. The first kappa shape index (κ1) is 12.3. The van der Waals surface area contributed by atoms with Crippen molar-refractivity contribution in [3.63, 3.8) is 0 Å². The molecule has 5 nitrogen and oxygen atoms in total. The molecule has 0 aromatic heterocycles. The monoisotopic (exact) mass is 262 g/mol. The molecule has 1 aromatic rings. The second-order valence-electron chi connectivity index (χ2n) is 5.63. The minimum atomic E-state index is -0.0374. The van der Waals surface area contributed by atoms with Crippen molar-refractivity contribution in [2.24, 2.45) is 0 Å². The van der Waals surface area contributed by atoms with Gasteiger partial charge in [-0.2, -0.15) is 0 Å². The molecule has 0 radical (unpaired) electrons. The number of hydrogen-bond donors (Lipinski definition) is 1. The fraction of sp³-hybridized carbons (Fsp3) is 0.500. The first-order valence-corrected chi connectivity index (χ1v) is 6.45. The van der Waals surface area contributed by atoms with Crippen molar-refractivity contribution < 1.29 is 14.3 Å². The smallest absolute Gasteiger partial charge is 0.234 e. The van der Waals surface area contributed by atoms with Crippen LogP contribution in [0.1, 0.15) is 19.4 Å². The Morgan fingerprint density at radius 3 is 2.95 bits per heavy atom. The van der Waals surface area contributed by atoms with E-state index in [0.29, 0.717) is 13.1 Å². The Balaban J connectivity index is 1.78. The molecular formula is C14H18N2O3. The Morgan fingerprint density at radius 2 is 2.11 bits per heavy atom. The summed E-state index contributed by atoms with van der Waals surface area (Å²) in [6, 6.07) is 5.94. The summed E-state index contributed by atoms with van der Waals surface area (Å²) in [5.74, 6) is 1.66. The summed E-state index contributed by atoms with van der Waals surface area (Å²) in [7, 11) is 0. The van der Waals surface area contributed by atoms with Crippen LogP contribution in [0.3, 0.4) is 0 Å². The molecular weight excluding hydrogens is 244 g/mol. The lowest BCUT2D eigenvalue weighted by atomic mass is 9.99. The van der Waals surface area contributed by atoms with Crippen LogP contribution in [-0.2, 0) is 11.3 Å². The lowest BCUT2D eigenvalue weighted by Gasteiger charge is -2.42. The van der Waals surface area contributed by atoms with Gasteiger partial charge in [-0.05, 0) is 31.5 Å². The number of carbonyl (C=O) groups excluding carboxylic acids is 1. The Labute approximate surface area is 112 Å². The minimum Gasteiger partial charge on any atom is -0.454 e. The highest BCUT2D eigenvalue weighted by Crippen LogP contribution is 2.33. The maximum Gasteiger partial charge on any atom is 0.234 e. The molecule has 1 fully saturated rings. The van der Waals surface area contributed by atoms with Crippen LogP contribution >= 0.6 is 0 Å². The van der Waals surface area contributed by atoms with Crippen molar-refractivity contribution in [3.8, 4) is 11.5 Å². The fourth-order valence-corrected chi connectivity index (χ4v) is 2.40. The quantitative estimate of drug-likeness (QED) is 0.868. The number of fused-ring (bicyclic) bond motifs is 1. The van der Waals surface area contributed by atoms with Gasteiger partial charge >= 0.3 is 0 Å². The zero-order valence-electron chi connectivity index (χ0n) is 11.2. The molecule has 19 heavy (non-hydrogen) atoms. The molecule has 2 aliphatic rings. The SMILES string of the molecule is CC1(C)CNC(=O)CN1Cc1ccc2c(c1)OCO2. The normalized spacial score (nSPS) is 21.3. The van der Waals surface area contributed by atoms with Crippen LogP contribution in [0, 0.1) is 0 Å². The molecule has 0 unspecified atom stereocenters. The van der Waals surface area contributed by atoms with Gasteiger partial charge in [0.15, 0.2) is 11.5 Å². The van der Waals surface area contributed by atoms with Crippen LogP contribution in [0.25, 0.3) is 0 Å². The molecule has 102 valence electrons. The highest BCUT2D eigenvalue weighted by Gasteiger charge is 2.33. The van der Waals surface area contributed by atoms with E-state index in [4.69, 9.17) is 9.47 Å². The number of nitrogens with zero attached hydrogens (tertiary/aromatic N) is 1. The summed E-state index contributed by atoms with van der Waals surface area (Å²) in [6.07, 6.45) is 0. The topological polar surface area (TPSA) is 50.8 Å². The molecule has 1 saturated heterocycles.